The van der Waals surface area contributed by atoms with E-state index in [2.05, 4.69) is 20.8 Å². The van der Waals surface area contributed by atoms with Crippen LogP contribution in [-0.4, -0.2) is 33.7 Å². The zero-order valence-corrected chi connectivity index (χ0v) is 15.7. The van der Waals surface area contributed by atoms with Crippen LogP contribution in [-0.2, 0) is 0 Å². The van der Waals surface area contributed by atoms with E-state index in [9.17, 15) is 4.79 Å². The first-order valence-corrected chi connectivity index (χ1v) is 10.0. The van der Waals surface area contributed by atoms with E-state index >= 15 is 0 Å². The lowest BCUT2D eigenvalue weighted by Gasteiger charge is -2.29. The van der Waals surface area contributed by atoms with Crippen LogP contribution in [0.2, 0.25) is 0 Å². The summed E-state index contributed by atoms with van der Waals surface area (Å²) in [4.78, 5) is 18.0. The SMILES string of the molecule is Cc1noc2nc(-c3ccccc3)cc(C(=O)N[C@@]34C[C@H]5CC[C@H](N5)[C@@H]3C4)c12. The number of nitrogens with one attached hydrogen (secondary N) is 2. The molecule has 4 atom stereocenters. The number of carbonyl (C=O) groups is 1. The van der Waals surface area contributed by atoms with Gasteiger partial charge in [-0.15, -0.1) is 0 Å². The Kier molecular flexibility index (Phi) is 3.27. The van der Waals surface area contributed by atoms with Gasteiger partial charge in [0.25, 0.3) is 11.6 Å². The van der Waals surface area contributed by atoms with Crippen molar-refractivity contribution in [1.29, 1.82) is 0 Å². The number of piperidine rings is 1. The first-order chi connectivity index (χ1) is 13.6. The molecule has 0 spiro atoms. The molecule has 4 heterocycles. The summed E-state index contributed by atoms with van der Waals surface area (Å²) in [7, 11) is 0. The lowest BCUT2D eigenvalue weighted by Crippen LogP contribution is -2.50. The molecule has 1 saturated carbocycles. The Labute approximate surface area is 162 Å². The smallest absolute Gasteiger partial charge is 0.259 e. The van der Waals surface area contributed by atoms with Gasteiger partial charge in [0.15, 0.2) is 0 Å². The summed E-state index contributed by atoms with van der Waals surface area (Å²) in [6.45, 7) is 1.86. The normalized spacial score (nSPS) is 30.2. The van der Waals surface area contributed by atoms with Crippen molar-refractivity contribution in [2.24, 2.45) is 5.92 Å². The summed E-state index contributed by atoms with van der Waals surface area (Å²) in [5.41, 5.74) is 3.36. The third kappa shape index (κ3) is 2.34. The van der Waals surface area contributed by atoms with Gasteiger partial charge in [-0.3, -0.25) is 4.79 Å². The van der Waals surface area contributed by atoms with Gasteiger partial charge in [0.2, 0.25) is 0 Å². The molecule has 2 N–H and O–H groups in total. The molecule has 28 heavy (non-hydrogen) atoms. The highest BCUT2D eigenvalue weighted by molar-refractivity contribution is 6.07. The number of hydrogen-bond donors (Lipinski definition) is 2. The number of amides is 1. The number of aryl methyl sites for hydroxylation is 1. The van der Waals surface area contributed by atoms with Crippen molar-refractivity contribution in [1.82, 2.24) is 20.8 Å². The zero-order chi connectivity index (χ0) is 18.9. The van der Waals surface area contributed by atoms with E-state index in [0.717, 1.165) is 24.1 Å². The molecule has 3 aliphatic rings. The van der Waals surface area contributed by atoms with Gasteiger partial charge < -0.3 is 15.2 Å². The molecule has 2 aliphatic heterocycles. The van der Waals surface area contributed by atoms with E-state index in [1.54, 1.807) is 0 Å². The van der Waals surface area contributed by atoms with Crippen molar-refractivity contribution in [3.63, 3.8) is 0 Å². The van der Waals surface area contributed by atoms with Crippen molar-refractivity contribution in [2.75, 3.05) is 0 Å². The molecule has 1 amide bonds. The van der Waals surface area contributed by atoms with Gasteiger partial charge in [0.1, 0.15) is 0 Å². The summed E-state index contributed by atoms with van der Waals surface area (Å²) >= 11 is 0. The number of benzene rings is 1. The highest BCUT2D eigenvalue weighted by Gasteiger charge is 2.63. The molecule has 6 nitrogen and oxygen atoms in total. The highest BCUT2D eigenvalue weighted by Crippen LogP contribution is 2.55. The van der Waals surface area contributed by atoms with Gasteiger partial charge in [-0.05, 0) is 44.6 Å². The van der Waals surface area contributed by atoms with E-state index in [0.29, 0.717) is 40.4 Å². The molecular weight excluding hydrogens is 352 g/mol. The number of aromatic nitrogens is 2. The molecule has 6 rings (SSSR count). The van der Waals surface area contributed by atoms with Gasteiger partial charge in [0.05, 0.1) is 22.3 Å². The van der Waals surface area contributed by atoms with Crippen molar-refractivity contribution in [2.45, 2.75) is 50.2 Å². The fourth-order valence-electron chi connectivity index (χ4n) is 5.38. The van der Waals surface area contributed by atoms with Crippen LogP contribution in [0.25, 0.3) is 22.4 Å². The Balaban J connectivity index is 1.40. The van der Waals surface area contributed by atoms with Gasteiger partial charge in [-0.2, -0.15) is 0 Å². The van der Waals surface area contributed by atoms with Crippen molar-refractivity contribution >= 4 is 17.0 Å². The van der Waals surface area contributed by atoms with Crippen LogP contribution in [0.1, 0.15) is 41.7 Å². The minimum atomic E-state index is -0.0420. The molecule has 3 fully saturated rings. The van der Waals surface area contributed by atoms with E-state index in [4.69, 9.17) is 4.52 Å². The number of carbonyl (C=O) groups excluding carboxylic acids is 1. The molecule has 6 heteroatoms. The van der Waals surface area contributed by atoms with E-state index in [1.807, 2.05) is 43.3 Å². The highest BCUT2D eigenvalue weighted by atomic mass is 16.5. The van der Waals surface area contributed by atoms with Gasteiger partial charge in [-0.1, -0.05) is 35.5 Å². The zero-order valence-electron chi connectivity index (χ0n) is 15.7. The second-order valence-electron chi connectivity index (χ2n) is 8.54. The summed E-state index contributed by atoms with van der Waals surface area (Å²) in [6, 6.07) is 12.8. The minimum absolute atomic E-state index is 0.0399. The third-order valence-electron chi connectivity index (χ3n) is 6.80. The van der Waals surface area contributed by atoms with Crippen LogP contribution in [0.5, 0.6) is 0 Å². The number of fused-ring (bicyclic) bond motifs is 5. The Hall–Kier alpha value is -2.73. The number of rotatable bonds is 3. The largest absolute Gasteiger partial charge is 0.346 e. The van der Waals surface area contributed by atoms with Gasteiger partial charge >= 0.3 is 0 Å². The lowest BCUT2D eigenvalue weighted by molar-refractivity contribution is 0.0917. The van der Waals surface area contributed by atoms with Crippen LogP contribution in [0, 0.1) is 12.8 Å². The molecule has 3 aromatic rings. The van der Waals surface area contributed by atoms with Crippen LogP contribution in [0.15, 0.2) is 40.9 Å². The fraction of sp³-hybridized carbons (Fsp3) is 0.409. The Bertz CT molecular complexity index is 1090. The monoisotopic (exact) mass is 374 g/mol. The second kappa shape index (κ2) is 5.64. The van der Waals surface area contributed by atoms with Gasteiger partial charge in [0, 0.05) is 23.2 Å². The summed E-state index contributed by atoms with van der Waals surface area (Å²) < 4.78 is 5.42. The molecule has 2 aromatic heterocycles. The van der Waals surface area contributed by atoms with Crippen molar-refractivity contribution < 1.29 is 9.32 Å². The molecule has 2 bridgehead atoms. The average Bonchev–Trinajstić information content (AvgIpc) is 3.08. The molecule has 1 aliphatic carbocycles. The Morgan fingerprint density at radius 3 is 2.96 bits per heavy atom. The summed E-state index contributed by atoms with van der Waals surface area (Å²) in [5.74, 6) is 0.518. The predicted octanol–water partition coefficient (Wildman–Crippen LogP) is 3.21. The fourth-order valence-corrected chi connectivity index (χ4v) is 5.38. The van der Waals surface area contributed by atoms with E-state index in [1.165, 1.54) is 12.8 Å². The summed E-state index contributed by atoms with van der Waals surface area (Å²) in [5, 5.41) is 11.9. The third-order valence-corrected chi connectivity index (χ3v) is 6.80. The molecule has 0 unspecified atom stereocenters. The van der Waals surface area contributed by atoms with Crippen LogP contribution < -0.4 is 10.6 Å². The second-order valence-corrected chi connectivity index (χ2v) is 8.54. The van der Waals surface area contributed by atoms with E-state index < -0.39 is 0 Å². The van der Waals surface area contributed by atoms with Crippen molar-refractivity contribution in [3.05, 3.63) is 47.7 Å². The minimum Gasteiger partial charge on any atom is -0.346 e. The summed E-state index contributed by atoms with van der Waals surface area (Å²) in [6.07, 6.45) is 4.56. The maximum absolute atomic E-state index is 13.4. The average molecular weight is 374 g/mol. The molecule has 0 radical (unpaired) electrons. The Morgan fingerprint density at radius 1 is 1.25 bits per heavy atom. The maximum Gasteiger partial charge on any atom is 0.259 e. The Morgan fingerprint density at radius 2 is 2.11 bits per heavy atom. The van der Waals surface area contributed by atoms with Crippen molar-refractivity contribution in [3.8, 4) is 11.3 Å². The first kappa shape index (κ1) is 16.2. The quantitative estimate of drug-likeness (QED) is 0.736. The topological polar surface area (TPSA) is 80.0 Å². The number of nitrogens with zero attached hydrogens (tertiary/aromatic N) is 2. The van der Waals surface area contributed by atoms with Crippen LogP contribution in [0.4, 0.5) is 0 Å². The molecule has 142 valence electrons. The number of hydrogen-bond acceptors (Lipinski definition) is 5. The van der Waals surface area contributed by atoms with Crippen LogP contribution >= 0.6 is 0 Å². The first-order valence-electron chi connectivity index (χ1n) is 10.0. The maximum atomic E-state index is 13.4. The molecule has 1 aromatic carbocycles. The van der Waals surface area contributed by atoms with E-state index in [-0.39, 0.29) is 11.4 Å². The molecular formula is C22H22N4O2. The molecule has 2 saturated heterocycles. The lowest BCUT2D eigenvalue weighted by atomic mass is 9.98. The predicted molar refractivity (Wildman–Crippen MR) is 105 cm³/mol. The number of pyridine rings is 1. The van der Waals surface area contributed by atoms with Gasteiger partial charge in [-0.25, -0.2) is 4.98 Å². The van der Waals surface area contributed by atoms with Crippen LogP contribution in [0.3, 0.4) is 0 Å². The standard InChI is InChI=1S/C22H22N4O2/c1-12-19-15(9-18(24-21(19)28-26-12)13-5-3-2-4-6-13)20(27)25-22-10-14-7-8-17(23-14)16(22)11-22/h2-6,9,14,16-17,23H,7-8,10-11H2,1H3,(H,25,27)/t14-,16+,17+,22-/m1/s1.